The standard InChI is InChI=1S/C14H22N2S/c1-11-2-5-14(17-11)9-15-8-12-6-7-16(10-12)13-3-4-13/h2,5,12-13,15H,3-4,6-10H2,1H3. The SMILES string of the molecule is Cc1ccc(CNCC2CCN(C3CC3)C2)s1. The van der Waals surface area contributed by atoms with Gasteiger partial charge in [-0.3, -0.25) is 0 Å². The zero-order valence-corrected chi connectivity index (χ0v) is 11.4. The molecule has 0 radical (unpaired) electrons. The summed E-state index contributed by atoms with van der Waals surface area (Å²) in [5, 5.41) is 3.62. The molecule has 17 heavy (non-hydrogen) atoms. The molecule has 0 aromatic carbocycles. The van der Waals surface area contributed by atoms with Crippen molar-refractivity contribution in [3.8, 4) is 0 Å². The molecule has 2 fully saturated rings. The van der Waals surface area contributed by atoms with Crippen LogP contribution in [0.5, 0.6) is 0 Å². The van der Waals surface area contributed by atoms with Crippen molar-refractivity contribution >= 4 is 11.3 Å². The summed E-state index contributed by atoms with van der Waals surface area (Å²) in [6.07, 6.45) is 4.30. The van der Waals surface area contributed by atoms with E-state index in [1.54, 1.807) is 0 Å². The van der Waals surface area contributed by atoms with E-state index in [0.29, 0.717) is 0 Å². The molecule has 2 aliphatic rings. The average Bonchev–Trinajstić information content (AvgIpc) is 2.93. The first-order valence-corrected chi connectivity index (χ1v) is 7.63. The summed E-state index contributed by atoms with van der Waals surface area (Å²) in [5.41, 5.74) is 0. The lowest BCUT2D eigenvalue weighted by Gasteiger charge is -2.14. The molecule has 0 amide bonds. The number of nitrogens with one attached hydrogen (secondary N) is 1. The van der Waals surface area contributed by atoms with Crippen LogP contribution in [0.2, 0.25) is 0 Å². The molecule has 1 unspecified atom stereocenters. The van der Waals surface area contributed by atoms with Crippen molar-refractivity contribution in [1.29, 1.82) is 0 Å². The van der Waals surface area contributed by atoms with Crippen molar-refractivity contribution in [2.75, 3.05) is 19.6 Å². The lowest BCUT2D eigenvalue weighted by atomic mass is 10.1. The minimum atomic E-state index is 0.886. The van der Waals surface area contributed by atoms with E-state index < -0.39 is 0 Å². The molecule has 1 saturated heterocycles. The van der Waals surface area contributed by atoms with Crippen LogP contribution >= 0.6 is 11.3 Å². The quantitative estimate of drug-likeness (QED) is 0.864. The van der Waals surface area contributed by atoms with E-state index in [1.165, 1.54) is 48.7 Å². The molecule has 2 nitrogen and oxygen atoms in total. The van der Waals surface area contributed by atoms with E-state index in [4.69, 9.17) is 0 Å². The zero-order valence-electron chi connectivity index (χ0n) is 10.6. The largest absolute Gasteiger partial charge is 0.312 e. The summed E-state index contributed by atoms with van der Waals surface area (Å²) in [6.45, 7) is 7.10. The normalized spacial score (nSPS) is 25.6. The van der Waals surface area contributed by atoms with Crippen LogP contribution in [0, 0.1) is 12.8 Å². The van der Waals surface area contributed by atoms with Gasteiger partial charge in [-0.1, -0.05) is 0 Å². The topological polar surface area (TPSA) is 15.3 Å². The summed E-state index contributed by atoms with van der Waals surface area (Å²) in [6, 6.07) is 5.42. The van der Waals surface area contributed by atoms with Gasteiger partial charge in [-0.05, 0) is 57.3 Å². The third kappa shape index (κ3) is 3.09. The lowest BCUT2D eigenvalue weighted by Crippen LogP contribution is -2.27. The number of hydrogen-bond acceptors (Lipinski definition) is 3. The molecule has 0 spiro atoms. The first kappa shape index (κ1) is 11.7. The second-order valence-corrected chi connectivity index (χ2v) is 6.90. The Labute approximate surface area is 108 Å². The molecule has 1 aliphatic carbocycles. The van der Waals surface area contributed by atoms with Crippen molar-refractivity contribution in [2.45, 2.75) is 38.8 Å². The van der Waals surface area contributed by atoms with Crippen LogP contribution < -0.4 is 5.32 Å². The number of rotatable bonds is 5. The number of likely N-dealkylation sites (tertiary alicyclic amines) is 1. The summed E-state index contributed by atoms with van der Waals surface area (Å²) in [5.74, 6) is 0.886. The van der Waals surface area contributed by atoms with Gasteiger partial charge < -0.3 is 10.2 Å². The van der Waals surface area contributed by atoms with E-state index in [-0.39, 0.29) is 0 Å². The van der Waals surface area contributed by atoms with Crippen LogP contribution in [0.4, 0.5) is 0 Å². The van der Waals surface area contributed by atoms with Gasteiger partial charge >= 0.3 is 0 Å². The minimum absolute atomic E-state index is 0.886. The Morgan fingerprint density at radius 1 is 1.35 bits per heavy atom. The predicted octanol–water partition coefficient (Wildman–Crippen LogP) is 2.63. The van der Waals surface area contributed by atoms with Gasteiger partial charge in [0.25, 0.3) is 0 Å². The summed E-state index contributed by atoms with van der Waals surface area (Å²) < 4.78 is 0. The number of hydrogen-bond donors (Lipinski definition) is 1. The third-order valence-electron chi connectivity index (χ3n) is 3.91. The molecule has 1 aromatic rings. The van der Waals surface area contributed by atoms with Crippen molar-refractivity contribution in [3.63, 3.8) is 0 Å². The van der Waals surface area contributed by atoms with Gasteiger partial charge in [0.1, 0.15) is 0 Å². The molecule has 1 atom stereocenters. The van der Waals surface area contributed by atoms with Gasteiger partial charge in [-0.2, -0.15) is 0 Å². The lowest BCUT2D eigenvalue weighted by molar-refractivity contribution is 0.312. The highest BCUT2D eigenvalue weighted by Crippen LogP contribution is 2.31. The molecule has 1 aromatic heterocycles. The fourth-order valence-electron chi connectivity index (χ4n) is 2.78. The maximum atomic E-state index is 3.62. The Balaban J connectivity index is 1.37. The molecular formula is C14H22N2S. The summed E-state index contributed by atoms with van der Waals surface area (Å²) >= 11 is 1.91. The smallest absolute Gasteiger partial charge is 0.0299 e. The highest BCUT2D eigenvalue weighted by atomic mass is 32.1. The molecule has 94 valence electrons. The second-order valence-electron chi connectivity index (χ2n) is 5.52. The third-order valence-corrected chi connectivity index (χ3v) is 4.91. The number of nitrogens with zero attached hydrogens (tertiary/aromatic N) is 1. The molecule has 1 N–H and O–H groups in total. The molecule has 0 bridgehead atoms. The first-order chi connectivity index (χ1) is 8.31. The Kier molecular flexibility index (Phi) is 3.50. The van der Waals surface area contributed by atoms with Gasteiger partial charge in [0.2, 0.25) is 0 Å². The fraction of sp³-hybridized carbons (Fsp3) is 0.714. The van der Waals surface area contributed by atoms with E-state index in [2.05, 4.69) is 29.3 Å². The number of thiophene rings is 1. The maximum Gasteiger partial charge on any atom is 0.0299 e. The molecule has 1 saturated carbocycles. The first-order valence-electron chi connectivity index (χ1n) is 6.81. The average molecular weight is 250 g/mol. The van der Waals surface area contributed by atoms with E-state index in [0.717, 1.165) is 18.5 Å². The van der Waals surface area contributed by atoms with Crippen LogP contribution in [-0.4, -0.2) is 30.6 Å². The molecule has 1 aliphatic heterocycles. The van der Waals surface area contributed by atoms with Crippen LogP contribution in [0.15, 0.2) is 12.1 Å². The second kappa shape index (κ2) is 5.09. The predicted molar refractivity (Wildman–Crippen MR) is 73.5 cm³/mol. The van der Waals surface area contributed by atoms with Gasteiger partial charge in [-0.15, -0.1) is 11.3 Å². The van der Waals surface area contributed by atoms with Gasteiger partial charge in [0, 0.05) is 28.9 Å². The van der Waals surface area contributed by atoms with Crippen molar-refractivity contribution < 1.29 is 0 Å². The van der Waals surface area contributed by atoms with Crippen LogP contribution in [0.3, 0.4) is 0 Å². The Bertz CT molecular complexity index is 370. The van der Waals surface area contributed by atoms with Crippen molar-refractivity contribution in [3.05, 3.63) is 21.9 Å². The Hall–Kier alpha value is -0.380. The Morgan fingerprint density at radius 2 is 2.24 bits per heavy atom. The Morgan fingerprint density at radius 3 is 2.94 bits per heavy atom. The van der Waals surface area contributed by atoms with Crippen LogP contribution in [0.25, 0.3) is 0 Å². The van der Waals surface area contributed by atoms with E-state index in [1.807, 2.05) is 11.3 Å². The molecule has 3 rings (SSSR count). The van der Waals surface area contributed by atoms with Crippen molar-refractivity contribution in [2.24, 2.45) is 5.92 Å². The van der Waals surface area contributed by atoms with E-state index >= 15 is 0 Å². The van der Waals surface area contributed by atoms with Gasteiger partial charge in [0.05, 0.1) is 0 Å². The highest BCUT2D eigenvalue weighted by Gasteiger charge is 2.33. The van der Waals surface area contributed by atoms with Crippen LogP contribution in [0.1, 0.15) is 29.0 Å². The molecule has 2 heterocycles. The highest BCUT2D eigenvalue weighted by molar-refractivity contribution is 7.11. The van der Waals surface area contributed by atoms with Crippen LogP contribution in [-0.2, 0) is 6.54 Å². The van der Waals surface area contributed by atoms with Gasteiger partial charge in [-0.25, -0.2) is 0 Å². The summed E-state index contributed by atoms with van der Waals surface area (Å²) in [4.78, 5) is 5.59. The minimum Gasteiger partial charge on any atom is -0.312 e. The molecular weight excluding hydrogens is 228 g/mol. The fourth-order valence-corrected chi connectivity index (χ4v) is 3.64. The monoisotopic (exact) mass is 250 g/mol. The van der Waals surface area contributed by atoms with Gasteiger partial charge in [0.15, 0.2) is 0 Å². The zero-order chi connectivity index (χ0) is 11.7. The number of aryl methyl sites for hydroxylation is 1. The molecule has 3 heteroatoms. The van der Waals surface area contributed by atoms with E-state index in [9.17, 15) is 0 Å². The maximum absolute atomic E-state index is 3.62. The van der Waals surface area contributed by atoms with Crippen molar-refractivity contribution in [1.82, 2.24) is 10.2 Å². The summed E-state index contributed by atoms with van der Waals surface area (Å²) in [7, 11) is 0.